The molecule has 1 fully saturated rings. The number of rotatable bonds is 6. The van der Waals surface area contributed by atoms with Crippen LogP contribution in [0, 0.1) is 5.82 Å². The molecule has 1 aliphatic heterocycles. The van der Waals surface area contributed by atoms with Crippen LogP contribution in [0.4, 0.5) is 23.5 Å². The van der Waals surface area contributed by atoms with Crippen molar-refractivity contribution < 1.29 is 22.3 Å². The number of anilines is 1. The van der Waals surface area contributed by atoms with Crippen molar-refractivity contribution in [3.63, 3.8) is 0 Å². The molecular weight excluding hydrogens is 456 g/mol. The molecule has 1 saturated heterocycles. The Hall–Kier alpha value is -3.48. The highest BCUT2D eigenvalue weighted by Gasteiger charge is 2.29. The molecule has 1 aliphatic rings. The normalized spacial score (nSPS) is 19.4. The SMILES string of the molecule is COc1nc(N[C@H]2CCN(C)C[C@H]2F)nn2cc(F)c(-c3ccc4nnn(CC(F)F)c4c3)c12. The summed E-state index contributed by atoms with van der Waals surface area (Å²) in [5.74, 6) is -0.420. The summed E-state index contributed by atoms with van der Waals surface area (Å²) in [4.78, 5) is 6.24. The molecule has 34 heavy (non-hydrogen) atoms. The van der Waals surface area contributed by atoms with Crippen LogP contribution in [0.5, 0.6) is 5.88 Å². The number of hydrogen-bond donors (Lipinski definition) is 1. The predicted octanol–water partition coefficient (Wildman–Crippen LogP) is 3.01. The van der Waals surface area contributed by atoms with Crippen LogP contribution in [-0.4, -0.2) is 80.4 Å². The van der Waals surface area contributed by atoms with Gasteiger partial charge in [-0.15, -0.1) is 10.2 Å². The Morgan fingerprint density at radius 2 is 2.12 bits per heavy atom. The van der Waals surface area contributed by atoms with Gasteiger partial charge in [0, 0.05) is 13.1 Å². The second-order valence-corrected chi connectivity index (χ2v) is 8.27. The topological polar surface area (TPSA) is 85.4 Å². The van der Waals surface area contributed by atoms with Gasteiger partial charge in [0.1, 0.15) is 23.7 Å². The van der Waals surface area contributed by atoms with Gasteiger partial charge in [-0.1, -0.05) is 11.3 Å². The smallest absolute Gasteiger partial charge is 0.258 e. The van der Waals surface area contributed by atoms with Crippen molar-refractivity contribution in [2.75, 3.05) is 32.6 Å². The van der Waals surface area contributed by atoms with Crippen molar-refractivity contribution in [3.8, 4) is 17.0 Å². The van der Waals surface area contributed by atoms with Gasteiger partial charge >= 0.3 is 0 Å². The molecule has 0 saturated carbocycles. The molecule has 4 heterocycles. The number of likely N-dealkylation sites (tertiary alicyclic amines) is 1. The minimum atomic E-state index is -2.62. The summed E-state index contributed by atoms with van der Waals surface area (Å²) < 4.78 is 63.2. The molecule has 1 aromatic carbocycles. The molecule has 9 nitrogen and oxygen atoms in total. The fraction of sp³-hybridized carbons (Fsp3) is 0.429. The third-order valence-corrected chi connectivity index (χ3v) is 5.92. The Balaban J connectivity index is 1.56. The summed E-state index contributed by atoms with van der Waals surface area (Å²) in [6.45, 7) is 0.380. The summed E-state index contributed by atoms with van der Waals surface area (Å²) >= 11 is 0. The van der Waals surface area contributed by atoms with Crippen LogP contribution in [0.15, 0.2) is 24.4 Å². The van der Waals surface area contributed by atoms with Gasteiger partial charge in [0.25, 0.3) is 6.43 Å². The molecule has 4 aromatic rings. The molecule has 0 spiro atoms. The quantitative estimate of drug-likeness (QED) is 0.427. The lowest BCUT2D eigenvalue weighted by Crippen LogP contribution is -2.46. The lowest BCUT2D eigenvalue weighted by molar-refractivity contribution is 0.122. The number of fused-ring (bicyclic) bond motifs is 2. The van der Waals surface area contributed by atoms with Crippen molar-refractivity contribution in [2.24, 2.45) is 0 Å². The zero-order valence-electron chi connectivity index (χ0n) is 18.4. The van der Waals surface area contributed by atoms with Gasteiger partial charge in [0.05, 0.1) is 30.4 Å². The minimum absolute atomic E-state index is 0.0824. The molecule has 0 radical (unpaired) electrons. The highest BCUT2D eigenvalue weighted by Crippen LogP contribution is 2.35. The largest absolute Gasteiger partial charge is 0.479 e. The van der Waals surface area contributed by atoms with Crippen molar-refractivity contribution >= 4 is 22.5 Å². The first-order valence-corrected chi connectivity index (χ1v) is 10.7. The zero-order chi connectivity index (χ0) is 24.0. The molecule has 0 aliphatic carbocycles. The van der Waals surface area contributed by atoms with Crippen LogP contribution in [-0.2, 0) is 6.54 Å². The monoisotopic (exact) mass is 478 g/mol. The van der Waals surface area contributed by atoms with Gasteiger partial charge in [0.15, 0.2) is 5.82 Å². The van der Waals surface area contributed by atoms with E-state index in [2.05, 4.69) is 25.7 Å². The van der Waals surface area contributed by atoms with Gasteiger partial charge in [-0.25, -0.2) is 26.8 Å². The highest BCUT2D eigenvalue weighted by molar-refractivity contribution is 5.89. The second kappa shape index (κ2) is 8.70. The molecule has 13 heteroatoms. The van der Waals surface area contributed by atoms with Gasteiger partial charge in [0.2, 0.25) is 11.8 Å². The van der Waals surface area contributed by atoms with Crippen LogP contribution in [0.2, 0.25) is 0 Å². The van der Waals surface area contributed by atoms with E-state index >= 15 is 4.39 Å². The van der Waals surface area contributed by atoms with E-state index in [0.29, 0.717) is 29.6 Å². The first-order chi connectivity index (χ1) is 16.3. The Morgan fingerprint density at radius 3 is 2.85 bits per heavy atom. The molecule has 0 bridgehead atoms. The lowest BCUT2D eigenvalue weighted by atomic mass is 10.0. The first-order valence-electron chi connectivity index (χ1n) is 10.7. The van der Waals surface area contributed by atoms with Crippen LogP contribution in [0.1, 0.15) is 6.42 Å². The van der Waals surface area contributed by atoms with E-state index in [9.17, 15) is 13.2 Å². The van der Waals surface area contributed by atoms with E-state index < -0.39 is 31.0 Å². The number of piperidine rings is 1. The maximum atomic E-state index is 15.2. The number of methoxy groups -OCH3 is 1. The summed E-state index contributed by atoms with van der Waals surface area (Å²) in [6.07, 6.45) is -2.00. The van der Waals surface area contributed by atoms with Gasteiger partial charge in [-0.3, -0.25) is 0 Å². The number of benzene rings is 1. The fourth-order valence-electron chi connectivity index (χ4n) is 4.27. The Morgan fingerprint density at radius 1 is 1.29 bits per heavy atom. The van der Waals surface area contributed by atoms with Gasteiger partial charge in [-0.2, -0.15) is 4.98 Å². The van der Waals surface area contributed by atoms with E-state index in [4.69, 9.17) is 4.74 Å². The highest BCUT2D eigenvalue weighted by atomic mass is 19.3. The Bertz CT molecular complexity index is 1340. The third-order valence-electron chi connectivity index (χ3n) is 5.92. The lowest BCUT2D eigenvalue weighted by Gasteiger charge is -2.32. The average molecular weight is 478 g/mol. The summed E-state index contributed by atoms with van der Waals surface area (Å²) in [7, 11) is 3.24. The third kappa shape index (κ3) is 4.00. The Labute approximate surface area is 191 Å². The molecule has 0 amide bonds. The summed E-state index contributed by atoms with van der Waals surface area (Å²) in [5.41, 5.74) is 1.52. The summed E-state index contributed by atoms with van der Waals surface area (Å²) in [6, 6.07) is 4.24. The number of hydrogen-bond acceptors (Lipinski definition) is 7. The van der Waals surface area contributed by atoms with Gasteiger partial charge in [-0.05, 0) is 31.2 Å². The molecular formula is C21H22F4N8O. The maximum absolute atomic E-state index is 15.2. The number of nitrogens with one attached hydrogen (secondary N) is 1. The standard InChI is InChI=1S/C21H22F4N8O/c1-31-6-5-14(12(22)8-31)26-21-27-20(34-2)19-18(13(23)9-33(19)29-21)11-3-4-15-16(7-11)32(30-28-15)10-17(24)25/h3-4,7,9,12,14,17H,5-6,8,10H2,1-2H3,(H,26,29)/t12-,14+/m1/s1. The fourth-order valence-corrected chi connectivity index (χ4v) is 4.27. The number of ether oxygens (including phenoxy) is 1. The number of halogens is 4. The van der Waals surface area contributed by atoms with E-state index in [1.54, 1.807) is 12.1 Å². The molecule has 3 aromatic heterocycles. The minimum Gasteiger partial charge on any atom is -0.479 e. The van der Waals surface area contributed by atoms with Crippen molar-refractivity contribution in [1.29, 1.82) is 0 Å². The van der Waals surface area contributed by atoms with Crippen molar-refractivity contribution in [2.45, 2.75) is 31.6 Å². The first kappa shape index (κ1) is 22.3. The van der Waals surface area contributed by atoms with E-state index in [1.807, 2.05) is 11.9 Å². The summed E-state index contributed by atoms with van der Waals surface area (Å²) in [5, 5.41) is 14.9. The van der Waals surface area contributed by atoms with Crippen LogP contribution in [0.3, 0.4) is 0 Å². The maximum Gasteiger partial charge on any atom is 0.258 e. The van der Waals surface area contributed by atoms with E-state index in [0.717, 1.165) is 11.2 Å². The second-order valence-electron chi connectivity index (χ2n) is 8.27. The Kier molecular flexibility index (Phi) is 5.71. The average Bonchev–Trinajstić information content (AvgIpc) is 3.34. The van der Waals surface area contributed by atoms with Crippen LogP contribution >= 0.6 is 0 Å². The van der Waals surface area contributed by atoms with Crippen LogP contribution in [0.25, 0.3) is 27.7 Å². The molecule has 2 atom stereocenters. The number of aromatic nitrogens is 6. The van der Waals surface area contributed by atoms with Crippen molar-refractivity contribution in [1.82, 2.24) is 34.5 Å². The van der Waals surface area contributed by atoms with E-state index in [-0.39, 0.29) is 22.9 Å². The zero-order valence-corrected chi connectivity index (χ0v) is 18.4. The van der Waals surface area contributed by atoms with Crippen molar-refractivity contribution in [3.05, 3.63) is 30.2 Å². The number of alkyl halides is 3. The molecule has 1 N–H and O–H groups in total. The predicted molar refractivity (Wildman–Crippen MR) is 116 cm³/mol. The molecule has 0 unspecified atom stereocenters. The van der Waals surface area contributed by atoms with Crippen LogP contribution < -0.4 is 10.1 Å². The molecule has 5 rings (SSSR count). The van der Waals surface area contributed by atoms with Gasteiger partial charge < -0.3 is 15.0 Å². The molecule has 180 valence electrons. The van der Waals surface area contributed by atoms with E-state index in [1.165, 1.54) is 23.9 Å². The number of nitrogens with zero attached hydrogens (tertiary/aromatic N) is 7.